The van der Waals surface area contributed by atoms with Crippen molar-refractivity contribution in [2.24, 2.45) is 0 Å². The first-order valence-electron chi connectivity index (χ1n) is 28.5. The Morgan fingerprint density at radius 2 is 0.896 bits per heavy atom. The van der Waals surface area contributed by atoms with E-state index in [1.807, 2.05) is 31.2 Å². The molecule has 9 N–H and O–H groups in total. The Labute approximate surface area is 552 Å². The maximum absolute atomic E-state index is 13.7. The zero-order valence-corrected chi connectivity index (χ0v) is 53.5. The van der Waals surface area contributed by atoms with Gasteiger partial charge in [0.2, 0.25) is 0 Å². The molecule has 7 aromatic heterocycles. The van der Waals surface area contributed by atoms with E-state index >= 15 is 0 Å². The predicted molar refractivity (Wildman–Crippen MR) is 358 cm³/mol. The summed E-state index contributed by atoms with van der Waals surface area (Å²) >= 11 is 6.36. The molecule has 3 atom stereocenters. The van der Waals surface area contributed by atoms with Gasteiger partial charge in [0.25, 0.3) is 0 Å². The molecule has 0 unspecified atom stereocenters. The van der Waals surface area contributed by atoms with Gasteiger partial charge in [-0.05, 0) is 81.4 Å². The number of nitrogens with two attached hydrogens (primary N) is 3. The number of hydrogen-bond acceptors (Lipinski definition) is 27. The van der Waals surface area contributed by atoms with Gasteiger partial charge in [0.15, 0.2) is 19.7 Å². The molecule has 0 amide bonds. The smallest absolute Gasteiger partial charge is 0.176 e. The van der Waals surface area contributed by atoms with Gasteiger partial charge in [-0.3, -0.25) is 4.98 Å². The maximum atomic E-state index is 13.7. The number of hydrogen-bond donors (Lipinski definition) is 6. The zero-order chi connectivity index (χ0) is 68.6. The molecule has 0 aliphatic carbocycles. The van der Waals surface area contributed by atoms with Gasteiger partial charge in [-0.2, -0.15) is 21.0 Å². The molecule has 0 bridgehead atoms. The van der Waals surface area contributed by atoms with Crippen LogP contribution in [0.3, 0.4) is 0 Å². The largest absolute Gasteiger partial charge is 0.382 e. The first kappa shape index (κ1) is 66.3. The number of pyridine rings is 1. The fourth-order valence-electron chi connectivity index (χ4n) is 9.92. The van der Waals surface area contributed by atoms with E-state index in [0.717, 1.165) is 12.5 Å². The van der Waals surface area contributed by atoms with Crippen LogP contribution in [-0.4, -0.2) is 94.1 Å². The van der Waals surface area contributed by atoms with Crippen molar-refractivity contribution in [1.82, 2.24) is 64.8 Å². The normalized spacial score (nSPS) is 12.0. The minimum absolute atomic E-state index is 0.0260. The second-order valence-electron chi connectivity index (χ2n) is 21.0. The molecule has 31 heteroatoms. The van der Waals surface area contributed by atoms with E-state index < -0.39 is 43.6 Å². The van der Waals surface area contributed by atoms with E-state index in [4.69, 9.17) is 48.7 Å². The highest BCUT2D eigenvalue weighted by Gasteiger charge is 2.27. The maximum Gasteiger partial charge on any atom is 0.176 e. The van der Waals surface area contributed by atoms with Crippen LogP contribution in [0.25, 0.3) is 67.0 Å². The number of nitrogens with one attached hydrogen (secondary N) is 3. The molecule has 0 fully saturated rings. The van der Waals surface area contributed by atoms with Crippen molar-refractivity contribution in [3.8, 4) is 58.2 Å². The second-order valence-corrected chi connectivity index (χ2v) is 25.4. The predicted octanol–water partition coefficient (Wildman–Crippen LogP) is 10.0. The number of aromatic nitrogens is 13. The van der Waals surface area contributed by atoms with Crippen LogP contribution in [0.15, 0.2) is 156 Å². The third kappa shape index (κ3) is 14.2. The van der Waals surface area contributed by atoms with Crippen molar-refractivity contribution in [2.45, 2.75) is 48.7 Å². The van der Waals surface area contributed by atoms with Crippen LogP contribution >= 0.6 is 11.6 Å². The summed E-state index contributed by atoms with van der Waals surface area (Å²) in [6.07, 6.45) is 7.66. The number of sulfone groups is 2. The lowest BCUT2D eigenvalue weighted by Gasteiger charge is -2.20. The number of fused-ring (bicyclic) bond motifs is 3. The van der Waals surface area contributed by atoms with E-state index in [9.17, 15) is 42.3 Å². The average Bonchev–Trinajstić information content (AvgIpc) is 0.767. The highest BCUT2D eigenvalue weighted by molar-refractivity contribution is 7.91. The molecule has 0 saturated heterocycles. The molecule has 12 rings (SSSR count). The molecular formula is C65H51ClFN23O4S2. The van der Waals surface area contributed by atoms with Crippen LogP contribution in [0, 0.1) is 51.1 Å². The number of anilines is 6. The van der Waals surface area contributed by atoms with Crippen molar-refractivity contribution < 1.29 is 21.2 Å². The molecule has 5 aromatic carbocycles. The van der Waals surface area contributed by atoms with Gasteiger partial charge in [-0.1, -0.05) is 66.2 Å². The van der Waals surface area contributed by atoms with Gasteiger partial charge >= 0.3 is 0 Å². The van der Waals surface area contributed by atoms with Crippen LogP contribution in [0.2, 0.25) is 5.02 Å². The van der Waals surface area contributed by atoms with Gasteiger partial charge in [-0.25, -0.2) is 81.0 Å². The molecular weight excluding hydrogens is 1290 g/mol. The fraction of sp³-hybridized carbons (Fsp3) is 0.123. The number of nitrogens with zero attached hydrogens (tertiary/aromatic N) is 17. The molecule has 12 aromatic rings. The molecule has 0 aliphatic heterocycles. The van der Waals surface area contributed by atoms with Crippen molar-refractivity contribution in [1.29, 1.82) is 21.0 Å². The van der Waals surface area contributed by atoms with Crippen molar-refractivity contribution in [3.05, 3.63) is 197 Å². The Balaban J connectivity index is 0.000000157. The number of para-hydroxylation sites is 2. The van der Waals surface area contributed by atoms with E-state index in [2.05, 4.69) is 66.9 Å². The highest BCUT2D eigenvalue weighted by Crippen LogP contribution is 2.38. The lowest BCUT2D eigenvalue weighted by molar-refractivity contribution is 0.600. The summed E-state index contributed by atoms with van der Waals surface area (Å²) in [5, 5.41) is 47.6. The molecule has 0 saturated carbocycles. The Morgan fingerprint density at radius 3 is 1.35 bits per heavy atom. The molecule has 96 heavy (non-hydrogen) atoms. The van der Waals surface area contributed by atoms with Crippen molar-refractivity contribution in [3.63, 3.8) is 0 Å². The summed E-state index contributed by atoms with van der Waals surface area (Å²) in [7, 11) is -7.17. The number of nitriles is 4. The second kappa shape index (κ2) is 28.1. The Morgan fingerprint density at radius 1 is 0.458 bits per heavy atom. The molecule has 0 aliphatic rings. The Bertz CT molecular complexity index is 5460. The van der Waals surface area contributed by atoms with Gasteiger partial charge in [0.05, 0.1) is 94.7 Å². The SMILES string of the molecule is C[C@H](Nc1ncnc(N)c1C#N)c1nc2ccc(F)cc2nc1-c1ccccn1.C[C@H](Nc1ncnc(N)c1C#N)c1nc2cccc(C#N)c2nc1-c1ccccc1S(C)(=O)=O.C[C@H](Nc1ncnc(N)c1C#N)c1nc2cccc(Cl)c2nc1-c1ccccc1S(C)(=O)=O. The Kier molecular flexibility index (Phi) is 19.4. The lowest BCUT2D eigenvalue weighted by Crippen LogP contribution is -2.15. The van der Waals surface area contributed by atoms with E-state index in [-0.39, 0.29) is 61.3 Å². The highest BCUT2D eigenvalue weighted by atomic mass is 35.5. The first-order chi connectivity index (χ1) is 46.0. The van der Waals surface area contributed by atoms with Gasteiger partial charge < -0.3 is 33.2 Å². The summed E-state index contributed by atoms with van der Waals surface area (Å²) in [5.41, 5.74) is 24.6. The third-order valence-electron chi connectivity index (χ3n) is 14.4. The molecule has 0 spiro atoms. The number of nitrogen functional groups attached to an aromatic ring is 3. The number of halogens is 2. The fourth-order valence-corrected chi connectivity index (χ4v) is 11.9. The van der Waals surface area contributed by atoms with Gasteiger partial charge in [0.1, 0.15) is 117 Å². The summed E-state index contributed by atoms with van der Waals surface area (Å²) in [5.74, 6) is 0.486. The van der Waals surface area contributed by atoms with E-state index in [0.29, 0.717) is 94.8 Å². The van der Waals surface area contributed by atoms with Crippen LogP contribution < -0.4 is 33.2 Å². The Hall–Kier alpha value is -12.6. The standard InChI is InChI=1S/C23H18N8O2S.C22H18ClN7O2S.C20H15FN8/c1-13(29-23-16(11-25)22(26)27-12-28-23)19-21(15-7-3-4-9-18(15)34(2,32)33)31-20-14(10-24)6-5-8-17(20)30-19;1-12(28-22-14(10-24)21(25)26-11-27-22)18-19(13-6-3-4-9-17(13)33(2,31)32)30-20-15(23)7-5-8-16(20)29-18;1-11(27-20-13(9-22)19(23)25-10-26-20)17-18(15-4-2-3-7-24-15)29-16-8-12(21)5-6-14(16)28-17/h3-9,12-13H,1-2H3,(H3,26,27,28,29);3-9,11-12H,1-2H3,(H3,25,26,27,28);2-8,10-11H,1H3,(H3,23,25,26,27)/t13-;12-;11-/m000/s1. The van der Waals surface area contributed by atoms with Crippen molar-refractivity contribution >= 4 is 99.3 Å². The quantitative estimate of drug-likeness (QED) is 0.0589. The van der Waals surface area contributed by atoms with Crippen LogP contribution in [0.5, 0.6) is 0 Å². The van der Waals surface area contributed by atoms with Crippen molar-refractivity contribution in [2.75, 3.05) is 45.7 Å². The van der Waals surface area contributed by atoms with E-state index in [1.165, 1.54) is 43.2 Å². The molecule has 0 radical (unpaired) electrons. The molecule has 27 nitrogen and oxygen atoms in total. The summed E-state index contributed by atoms with van der Waals surface area (Å²) < 4.78 is 63.7. The third-order valence-corrected chi connectivity index (χ3v) is 17.0. The van der Waals surface area contributed by atoms with Crippen LogP contribution in [-0.2, 0) is 19.7 Å². The summed E-state index contributed by atoms with van der Waals surface area (Å²) in [6, 6.07) is 39.5. The topological polar surface area (TPSA) is 445 Å². The van der Waals surface area contributed by atoms with Gasteiger partial charge in [-0.15, -0.1) is 0 Å². The lowest BCUT2D eigenvalue weighted by atomic mass is 10.0. The minimum atomic E-state index is -3.60. The minimum Gasteiger partial charge on any atom is -0.382 e. The monoisotopic (exact) mass is 1340 g/mol. The number of rotatable bonds is 14. The summed E-state index contributed by atoms with van der Waals surface area (Å²) in [6.45, 7) is 5.42. The van der Waals surface area contributed by atoms with Gasteiger partial charge in [0, 0.05) is 35.9 Å². The summed E-state index contributed by atoms with van der Waals surface area (Å²) in [4.78, 5) is 56.6. The zero-order valence-electron chi connectivity index (χ0n) is 51.1. The number of benzene rings is 5. The average molecular weight is 1340 g/mol. The van der Waals surface area contributed by atoms with Crippen LogP contribution in [0.1, 0.15) is 78.2 Å². The molecule has 476 valence electrons. The molecule has 7 heterocycles. The van der Waals surface area contributed by atoms with E-state index in [1.54, 1.807) is 111 Å². The van der Waals surface area contributed by atoms with Crippen LogP contribution in [0.4, 0.5) is 39.3 Å². The first-order valence-corrected chi connectivity index (χ1v) is 32.6.